The molecule has 0 unspecified atom stereocenters. The van der Waals surface area contributed by atoms with E-state index in [0.29, 0.717) is 0 Å². The van der Waals surface area contributed by atoms with Crippen LogP contribution in [0, 0.1) is 0 Å². The van der Waals surface area contributed by atoms with Gasteiger partial charge in [0.05, 0.1) is 5.69 Å². The molecule has 0 aliphatic carbocycles. The molecule has 0 bridgehead atoms. The van der Waals surface area contributed by atoms with Gasteiger partial charge in [-0.05, 0) is 56.3 Å². The van der Waals surface area contributed by atoms with Crippen molar-refractivity contribution in [1.29, 1.82) is 0 Å². The van der Waals surface area contributed by atoms with Crippen molar-refractivity contribution >= 4 is 72.4 Å². The van der Waals surface area contributed by atoms with Crippen molar-refractivity contribution in [3.05, 3.63) is 46.8 Å². The SMILES string of the molecule is CCN(CC)c1ccc(N=Nc2cc3sc(C=C4C(=O)N(C)C(=O)N(C)C4=O)cc3s2)cc1. The Morgan fingerprint density at radius 3 is 2.06 bits per heavy atom. The molecule has 1 saturated heterocycles. The van der Waals surface area contributed by atoms with Crippen LogP contribution in [0.2, 0.25) is 0 Å². The molecule has 0 radical (unpaired) electrons. The van der Waals surface area contributed by atoms with Crippen LogP contribution in [0.4, 0.5) is 21.2 Å². The van der Waals surface area contributed by atoms with Gasteiger partial charge in [0.15, 0.2) is 0 Å². The number of benzene rings is 1. The minimum absolute atomic E-state index is 0.0263. The van der Waals surface area contributed by atoms with Gasteiger partial charge in [-0.3, -0.25) is 19.4 Å². The van der Waals surface area contributed by atoms with E-state index in [1.807, 2.05) is 36.4 Å². The van der Waals surface area contributed by atoms with E-state index in [1.165, 1.54) is 36.8 Å². The molecule has 3 aromatic rings. The Kier molecular flexibility index (Phi) is 6.39. The molecule has 8 nitrogen and oxygen atoms in total. The Balaban J connectivity index is 1.52. The molecular weight excluding hydrogens is 458 g/mol. The predicted octanol–water partition coefficient (Wildman–Crippen LogP) is 5.66. The van der Waals surface area contributed by atoms with Crippen LogP contribution in [0.1, 0.15) is 18.7 Å². The number of rotatable bonds is 6. The number of amides is 4. The van der Waals surface area contributed by atoms with Crippen molar-refractivity contribution in [3.63, 3.8) is 0 Å². The number of likely N-dealkylation sites (N-methyl/N-ethyl adjacent to an activating group) is 2. The van der Waals surface area contributed by atoms with Crippen LogP contribution in [-0.2, 0) is 9.59 Å². The fraction of sp³-hybridized carbons (Fsp3) is 0.261. The van der Waals surface area contributed by atoms with Gasteiger partial charge in [-0.15, -0.1) is 32.9 Å². The lowest BCUT2D eigenvalue weighted by Crippen LogP contribution is -2.52. The Labute approximate surface area is 199 Å². The monoisotopic (exact) mass is 481 g/mol. The molecule has 1 aromatic carbocycles. The fourth-order valence-electron chi connectivity index (χ4n) is 3.51. The zero-order chi connectivity index (χ0) is 23.7. The van der Waals surface area contributed by atoms with E-state index in [-0.39, 0.29) is 5.57 Å². The molecule has 0 N–H and O–H groups in total. The van der Waals surface area contributed by atoms with Gasteiger partial charge in [-0.25, -0.2) is 4.79 Å². The summed E-state index contributed by atoms with van der Waals surface area (Å²) < 4.78 is 1.98. The minimum Gasteiger partial charge on any atom is -0.372 e. The van der Waals surface area contributed by atoms with Crippen LogP contribution in [0.15, 0.2) is 52.2 Å². The first-order valence-electron chi connectivity index (χ1n) is 10.4. The highest BCUT2D eigenvalue weighted by Crippen LogP contribution is 2.39. The summed E-state index contributed by atoms with van der Waals surface area (Å²) in [6, 6.07) is 11.2. The smallest absolute Gasteiger partial charge is 0.333 e. The number of carbonyl (C=O) groups excluding carboxylic acids is 3. The second-order valence-corrected chi connectivity index (χ2v) is 9.60. The topological polar surface area (TPSA) is 85.7 Å². The summed E-state index contributed by atoms with van der Waals surface area (Å²) in [5.41, 5.74) is 1.92. The molecule has 1 fully saturated rings. The minimum atomic E-state index is -0.632. The van der Waals surface area contributed by atoms with Crippen molar-refractivity contribution < 1.29 is 14.4 Å². The third kappa shape index (κ3) is 4.44. The number of urea groups is 1. The number of fused-ring (bicyclic) bond motifs is 1. The molecule has 3 heterocycles. The van der Waals surface area contributed by atoms with E-state index >= 15 is 0 Å². The maximum Gasteiger partial charge on any atom is 0.333 e. The van der Waals surface area contributed by atoms with Crippen molar-refractivity contribution in [1.82, 2.24) is 9.80 Å². The predicted molar refractivity (Wildman–Crippen MR) is 133 cm³/mol. The number of nitrogens with zero attached hydrogens (tertiary/aromatic N) is 5. The number of azo groups is 1. The molecule has 2 aromatic heterocycles. The highest BCUT2D eigenvalue weighted by atomic mass is 32.1. The van der Waals surface area contributed by atoms with Crippen LogP contribution in [0.5, 0.6) is 0 Å². The lowest BCUT2D eigenvalue weighted by Gasteiger charge is -2.28. The van der Waals surface area contributed by atoms with Gasteiger partial charge in [-0.1, -0.05) is 0 Å². The first-order valence-corrected chi connectivity index (χ1v) is 12.1. The van der Waals surface area contributed by atoms with E-state index in [4.69, 9.17) is 0 Å². The summed E-state index contributed by atoms with van der Waals surface area (Å²) in [5, 5.41) is 9.48. The molecule has 170 valence electrons. The zero-order valence-corrected chi connectivity index (χ0v) is 20.4. The molecule has 1 aliphatic heterocycles. The van der Waals surface area contributed by atoms with Crippen molar-refractivity contribution in [2.45, 2.75) is 13.8 Å². The first kappa shape index (κ1) is 22.8. The van der Waals surface area contributed by atoms with Gasteiger partial charge in [-0.2, -0.15) is 0 Å². The number of imide groups is 2. The molecule has 4 amide bonds. The number of thiophene rings is 2. The summed E-state index contributed by atoms with van der Waals surface area (Å²) >= 11 is 2.94. The van der Waals surface area contributed by atoms with E-state index < -0.39 is 17.8 Å². The maximum absolute atomic E-state index is 12.4. The van der Waals surface area contributed by atoms with Crippen LogP contribution in [0.25, 0.3) is 15.5 Å². The zero-order valence-electron chi connectivity index (χ0n) is 18.7. The lowest BCUT2D eigenvalue weighted by molar-refractivity contribution is -0.134. The molecule has 0 spiro atoms. The number of hydrogen-bond donors (Lipinski definition) is 0. The highest BCUT2D eigenvalue weighted by molar-refractivity contribution is 7.30. The molecule has 1 aliphatic rings. The van der Waals surface area contributed by atoms with Crippen LogP contribution in [-0.4, -0.2) is 54.8 Å². The standard InChI is InChI=1S/C23H23N5O3S2/c1-5-28(6-2)15-9-7-14(8-10-15)24-25-20-13-19-18(33-20)12-16(32-19)11-17-21(29)26(3)23(31)27(4)22(17)30/h7-13H,5-6H2,1-4H3. The normalized spacial score (nSPS) is 14.8. The Morgan fingerprint density at radius 2 is 1.48 bits per heavy atom. The van der Waals surface area contributed by atoms with E-state index in [0.717, 1.165) is 53.5 Å². The lowest BCUT2D eigenvalue weighted by atomic mass is 10.1. The van der Waals surface area contributed by atoms with Crippen molar-refractivity contribution in [3.8, 4) is 0 Å². The van der Waals surface area contributed by atoms with Gasteiger partial charge >= 0.3 is 6.03 Å². The molecule has 0 saturated carbocycles. The summed E-state index contributed by atoms with van der Waals surface area (Å²) in [7, 11) is 2.73. The quantitative estimate of drug-likeness (QED) is 0.258. The Hall–Kier alpha value is -3.37. The molecule has 10 heteroatoms. The number of hydrogen-bond acceptors (Lipinski definition) is 8. The van der Waals surface area contributed by atoms with Crippen molar-refractivity contribution in [2.24, 2.45) is 10.2 Å². The van der Waals surface area contributed by atoms with Crippen LogP contribution >= 0.6 is 22.7 Å². The van der Waals surface area contributed by atoms with Gasteiger partial charge in [0.25, 0.3) is 11.8 Å². The van der Waals surface area contributed by atoms with E-state index in [9.17, 15) is 14.4 Å². The largest absolute Gasteiger partial charge is 0.372 e. The van der Waals surface area contributed by atoms with E-state index in [2.05, 4.69) is 29.0 Å². The van der Waals surface area contributed by atoms with Gasteiger partial charge in [0.2, 0.25) is 0 Å². The molecule has 33 heavy (non-hydrogen) atoms. The summed E-state index contributed by atoms with van der Waals surface area (Å²) in [5.74, 6) is -1.19. The van der Waals surface area contributed by atoms with Gasteiger partial charge < -0.3 is 4.90 Å². The first-order chi connectivity index (χ1) is 15.8. The Morgan fingerprint density at radius 1 is 0.879 bits per heavy atom. The van der Waals surface area contributed by atoms with Gasteiger partial charge in [0, 0.05) is 47.1 Å². The highest BCUT2D eigenvalue weighted by Gasteiger charge is 2.37. The molecular formula is C23H23N5O3S2. The second-order valence-electron chi connectivity index (χ2n) is 7.42. The average molecular weight is 482 g/mol. The maximum atomic E-state index is 12.4. The third-order valence-corrected chi connectivity index (χ3v) is 7.51. The third-order valence-electron chi connectivity index (χ3n) is 5.39. The summed E-state index contributed by atoms with van der Waals surface area (Å²) in [6.45, 7) is 6.17. The second kappa shape index (κ2) is 9.24. The van der Waals surface area contributed by atoms with Crippen LogP contribution < -0.4 is 4.90 Å². The molecule has 4 rings (SSSR count). The number of carbonyl (C=O) groups is 3. The molecule has 0 atom stereocenters. The number of anilines is 1. The summed E-state index contributed by atoms with van der Waals surface area (Å²) in [4.78, 5) is 41.6. The number of barbiturate groups is 1. The van der Waals surface area contributed by atoms with E-state index in [1.54, 1.807) is 6.08 Å². The Bertz CT molecular complexity index is 1230. The fourth-order valence-corrected chi connectivity index (χ4v) is 5.67. The average Bonchev–Trinajstić information content (AvgIpc) is 3.38. The van der Waals surface area contributed by atoms with Crippen molar-refractivity contribution in [2.75, 3.05) is 32.1 Å². The van der Waals surface area contributed by atoms with Crippen LogP contribution in [0.3, 0.4) is 0 Å². The summed E-state index contributed by atoms with van der Waals surface area (Å²) in [6.07, 6.45) is 1.54. The van der Waals surface area contributed by atoms with Gasteiger partial charge in [0.1, 0.15) is 10.6 Å².